The first-order chi connectivity index (χ1) is 7.20. The average Bonchev–Trinajstić information content (AvgIpc) is 2.71. The van der Waals surface area contributed by atoms with Crippen LogP contribution in [0.3, 0.4) is 0 Å². The topological polar surface area (TPSA) is 31.0 Å². The summed E-state index contributed by atoms with van der Waals surface area (Å²) in [7, 11) is -2.84. The normalized spacial score (nSPS) is 25.9. The van der Waals surface area contributed by atoms with Crippen LogP contribution in [0.2, 0.25) is 38.8 Å². The van der Waals surface area contributed by atoms with Crippen LogP contribution in [0.15, 0.2) is 0 Å². The molecule has 96 valence electrons. The lowest BCUT2D eigenvalue weighted by Gasteiger charge is -2.31. The third-order valence-electron chi connectivity index (χ3n) is 2.44. The van der Waals surface area contributed by atoms with Crippen molar-refractivity contribution in [3.63, 3.8) is 0 Å². The molecule has 1 saturated heterocycles. The third-order valence-corrected chi connectivity index (χ3v) is 8.66. The van der Waals surface area contributed by atoms with E-state index in [9.17, 15) is 0 Å². The number of epoxide rings is 1. The zero-order chi connectivity index (χ0) is 12.4. The molecule has 1 aliphatic heterocycles. The van der Waals surface area contributed by atoms with Crippen LogP contribution < -0.4 is 0 Å². The molecular formula is C11H26O3Si2. The van der Waals surface area contributed by atoms with Crippen molar-refractivity contribution < 1.29 is 13.6 Å². The van der Waals surface area contributed by atoms with Crippen molar-refractivity contribution in [1.29, 1.82) is 0 Å². The Balaban J connectivity index is 2.10. The van der Waals surface area contributed by atoms with Gasteiger partial charge in [0, 0.05) is 6.61 Å². The first-order valence-corrected chi connectivity index (χ1v) is 12.7. The summed E-state index contributed by atoms with van der Waals surface area (Å²) >= 11 is 0. The average molecular weight is 262 g/mol. The second kappa shape index (κ2) is 5.31. The highest BCUT2D eigenvalue weighted by molar-refractivity contribution is 6.84. The molecule has 0 aromatic carbocycles. The summed E-state index contributed by atoms with van der Waals surface area (Å²) in [5.41, 5.74) is 0. The smallest absolute Gasteiger partial charge is 0.184 e. The van der Waals surface area contributed by atoms with Gasteiger partial charge in [0.2, 0.25) is 0 Å². The fraction of sp³-hybridized carbons (Fsp3) is 1.00. The summed E-state index contributed by atoms with van der Waals surface area (Å²) in [5, 5.41) is 0. The van der Waals surface area contributed by atoms with Crippen LogP contribution in [-0.4, -0.2) is 35.6 Å². The predicted molar refractivity (Wildman–Crippen MR) is 71.6 cm³/mol. The molecule has 2 atom stereocenters. The second-order valence-electron chi connectivity index (χ2n) is 6.16. The fourth-order valence-corrected chi connectivity index (χ4v) is 9.95. The van der Waals surface area contributed by atoms with Gasteiger partial charge in [-0.2, -0.15) is 0 Å². The molecule has 16 heavy (non-hydrogen) atoms. The van der Waals surface area contributed by atoms with Gasteiger partial charge >= 0.3 is 0 Å². The van der Waals surface area contributed by atoms with E-state index in [0.717, 1.165) is 13.0 Å². The largest absolute Gasteiger partial charge is 0.456 e. The summed E-state index contributed by atoms with van der Waals surface area (Å²) in [5.74, 6) is 0. The Labute approximate surface area is 102 Å². The van der Waals surface area contributed by atoms with Crippen molar-refractivity contribution in [1.82, 2.24) is 0 Å². The maximum atomic E-state index is 6.26. The van der Waals surface area contributed by atoms with Gasteiger partial charge < -0.3 is 13.6 Å². The van der Waals surface area contributed by atoms with E-state index in [4.69, 9.17) is 13.6 Å². The first kappa shape index (κ1) is 14.4. The molecule has 1 fully saturated rings. The molecule has 0 amide bonds. The molecule has 1 aliphatic rings. The van der Waals surface area contributed by atoms with Crippen molar-refractivity contribution >= 4 is 16.6 Å². The monoisotopic (exact) mass is 262 g/mol. The predicted octanol–water partition coefficient (Wildman–Crippen LogP) is 3.19. The van der Waals surface area contributed by atoms with Crippen molar-refractivity contribution in [2.75, 3.05) is 6.61 Å². The van der Waals surface area contributed by atoms with E-state index in [-0.39, 0.29) is 6.29 Å². The van der Waals surface area contributed by atoms with E-state index in [0.29, 0.717) is 6.10 Å². The van der Waals surface area contributed by atoms with Gasteiger partial charge in [0.25, 0.3) is 0 Å². The summed E-state index contributed by atoms with van der Waals surface area (Å²) < 4.78 is 17.0. The maximum Gasteiger partial charge on any atom is 0.184 e. The van der Waals surface area contributed by atoms with Crippen LogP contribution >= 0.6 is 0 Å². The highest BCUT2D eigenvalue weighted by Gasteiger charge is 2.35. The number of ether oxygens (including phenoxy) is 2. The summed E-state index contributed by atoms with van der Waals surface area (Å²) in [6, 6.07) is 1.18. The van der Waals surface area contributed by atoms with E-state index in [1.807, 2.05) is 6.92 Å². The zero-order valence-electron chi connectivity index (χ0n) is 11.5. The van der Waals surface area contributed by atoms with E-state index in [1.54, 1.807) is 0 Å². The highest BCUT2D eigenvalue weighted by Crippen LogP contribution is 2.24. The van der Waals surface area contributed by atoms with Crippen LogP contribution in [0.25, 0.3) is 0 Å². The summed E-state index contributed by atoms with van der Waals surface area (Å²) in [6.45, 7) is 14.2. The van der Waals surface area contributed by atoms with Gasteiger partial charge in [-0.15, -0.1) is 0 Å². The SMILES string of the molecule is CC1OC1OCCC[Si](C)(C)O[Si](C)(C)C. The molecule has 2 unspecified atom stereocenters. The Kier molecular flexibility index (Phi) is 4.77. The van der Waals surface area contributed by atoms with Crippen molar-refractivity contribution in [2.24, 2.45) is 0 Å². The highest BCUT2D eigenvalue weighted by atomic mass is 28.4. The molecule has 0 bridgehead atoms. The van der Waals surface area contributed by atoms with Gasteiger partial charge in [-0.05, 0) is 52.1 Å². The van der Waals surface area contributed by atoms with Crippen LogP contribution in [0, 0.1) is 0 Å². The van der Waals surface area contributed by atoms with Gasteiger partial charge in [0.15, 0.2) is 22.9 Å². The van der Waals surface area contributed by atoms with Crippen molar-refractivity contribution in [2.45, 2.75) is 64.5 Å². The number of hydrogen-bond donors (Lipinski definition) is 0. The minimum absolute atomic E-state index is 0.0719. The molecule has 0 N–H and O–H groups in total. The minimum atomic E-state index is -1.47. The summed E-state index contributed by atoms with van der Waals surface area (Å²) in [4.78, 5) is 0. The Morgan fingerprint density at radius 1 is 1.12 bits per heavy atom. The molecule has 0 aliphatic carbocycles. The van der Waals surface area contributed by atoms with Gasteiger partial charge in [-0.3, -0.25) is 0 Å². The lowest BCUT2D eigenvalue weighted by atomic mass is 10.5. The van der Waals surface area contributed by atoms with Gasteiger partial charge in [-0.25, -0.2) is 0 Å². The van der Waals surface area contributed by atoms with Crippen LogP contribution in [-0.2, 0) is 13.6 Å². The number of hydrogen-bond acceptors (Lipinski definition) is 3. The lowest BCUT2D eigenvalue weighted by Crippen LogP contribution is -2.42. The number of rotatable bonds is 7. The lowest BCUT2D eigenvalue weighted by molar-refractivity contribution is 0.0504. The second-order valence-corrected chi connectivity index (χ2v) is 15.2. The van der Waals surface area contributed by atoms with Crippen LogP contribution in [0.5, 0.6) is 0 Å². The minimum Gasteiger partial charge on any atom is -0.456 e. The maximum absolute atomic E-state index is 6.26. The molecule has 1 rings (SSSR count). The molecule has 0 spiro atoms. The van der Waals surface area contributed by atoms with Crippen molar-refractivity contribution in [3.05, 3.63) is 0 Å². The summed E-state index contributed by atoms with van der Waals surface area (Å²) in [6.07, 6.45) is 1.47. The van der Waals surface area contributed by atoms with Crippen LogP contribution in [0.1, 0.15) is 13.3 Å². The Morgan fingerprint density at radius 2 is 1.69 bits per heavy atom. The van der Waals surface area contributed by atoms with E-state index in [1.165, 1.54) is 6.04 Å². The molecule has 0 saturated carbocycles. The molecule has 1 heterocycles. The fourth-order valence-electron chi connectivity index (χ4n) is 1.92. The van der Waals surface area contributed by atoms with E-state index in [2.05, 4.69) is 32.7 Å². The molecule has 0 aromatic heterocycles. The standard InChI is InChI=1S/C11H26O3Si2/c1-10-11(13-10)12-8-7-9-16(5,6)14-15(2,3)4/h10-11H,7-9H2,1-6H3. The first-order valence-electron chi connectivity index (χ1n) is 6.17. The quantitative estimate of drug-likeness (QED) is 0.401. The van der Waals surface area contributed by atoms with E-state index < -0.39 is 16.6 Å². The van der Waals surface area contributed by atoms with Crippen molar-refractivity contribution in [3.8, 4) is 0 Å². The zero-order valence-corrected chi connectivity index (χ0v) is 13.5. The van der Waals surface area contributed by atoms with Gasteiger partial charge in [0.05, 0.1) is 0 Å². The molecule has 5 heteroatoms. The Bertz CT molecular complexity index is 226. The molecule has 3 nitrogen and oxygen atoms in total. The molecule has 0 aromatic rings. The molecular weight excluding hydrogens is 236 g/mol. The van der Waals surface area contributed by atoms with E-state index >= 15 is 0 Å². The third kappa shape index (κ3) is 6.15. The van der Waals surface area contributed by atoms with Gasteiger partial charge in [-0.1, -0.05) is 0 Å². The van der Waals surface area contributed by atoms with Gasteiger partial charge in [0.1, 0.15) is 6.10 Å². The van der Waals surface area contributed by atoms with Crippen LogP contribution in [0.4, 0.5) is 0 Å². The molecule has 0 radical (unpaired) electrons. The Morgan fingerprint density at radius 3 is 2.12 bits per heavy atom. The Hall–Kier alpha value is 0.314.